The van der Waals surface area contributed by atoms with E-state index in [1.165, 1.54) is 6.08 Å². The normalized spacial score (nSPS) is 9.62. The third kappa shape index (κ3) is 20.8. The first kappa shape index (κ1) is 21.6. The second kappa shape index (κ2) is 14.7. The summed E-state index contributed by atoms with van der Waals surface area (Å²) in [5.74, 6) is -0.703. The van der Waals surface area contributed by atoms with Crippen molar-refractivity contribution in [2.24, 2.45) is 0 Å². The number of ether oxygens (including phenoxy) is 2. The molecule has 0 aliphatic rings. The molecule has 0 aliphatic carbocycles. The van der Waals surface area contributed by atoms with Gasteiger partial charge in [0.25, 0.3) is 0 Å². The smallest absolute Gasteiger partial charge is 0.330 e. The molecule has 0 aromatic heterocycles. The van der Waals surface area contributed by atoms with E-state index in [1.807, 2.05) is 38.0 Å². The van der Waals surface area contributed by atoms with Crippen molar-refractivity contribution in [3.05, 3.63) is 25.3 Å². The van der Waals surface area contributed by atoms with Crippen LogP contribution in [0.25, 0.3) is 0 Å². The van der Waals surface area contributed by atoms with Gasteiger partial charge in [-0.1, -0.05) is 13.2 Å². The van der Waals surface area contributed by atoms with E-state index in [4.69, 9.17) is 9.47 Å². The number of carbonyl (C=O) groups excluding carboxylic acids is 2. The number of rotatable bonds is 9. The molecule has 0 fully saturated rings. The molecule has 6 nitrogen and oxygen atoms in total. The number of carbonyl (C=O) groups is 2. The molecule has 0 saturated heterocycles. The number of hydrogen-bond donors (Lipinski definition) is 0. The lowest BCUT2D eigenvalue weighted by molar-refractivity contribution is -0.138. The molecule has 122 valence electrons. The van der Waals surface area contributed by atoms with Gasteiger partial charge < -0.3 is 19.3 Å². The van der Waals surface area contributed by atoms with E-state index in [2.05, 4.69) is 13.2 Å². The maximum absolute atomic E-state index is 10.5. The standard InChI is InChI=1S/C8H15NO2.C7H13NO2/c1-4-8(10)11-7-5-6-9(2)3;1-4-7(9)10-6-5-8(2)3/h4H,1,5-7H2,2-3H3;4H,1,5-6H2,2-3H3. The average Bonchev–Trinajstić information content (AvgIpc) is 2.43. The molecule has 0 rings (SSSR count). The predicted molar refractivity (Wildman–Crippen MR) is 84.0 cm³/mol. The van der Waals surface area contributed by atoms with E-state index in [9.17, 15) is 9.59 Å². The molecule has 6 heteroatoms. The van der Waals surface area contributed by atoms with Gasteiger partial charge in [0, 0.05) is 25.2 Å². The fourth-order valence-corrected chi connectivity index (χ4v) is 1.00. The van der Waals surface area contributed by atoms with Crippen molar-refractivity contribution in [2.75, 3.05) is 54.5 Å². The minimum Gasteiger partial charge on any atom is -0.462 e. The lowest BCUT2D eigenvalue weighted by Crippen LogP contribution is -2.19. The number of nitrogens with zero attached hydrogens (tertiary/aromatic N) is 2. The lowest BCUT2D eigenvalue weighted by atomic mass is 10.4. The van der Waals surface area contributed by atoms with Crippen molar-refractivity contribution in [2.45, 2.75) is 6.42 Å². The fraction of sp³-hybridized carbons (Fsp3) is 0.600. The van der Waals surface area contributed by atoms with Crippen molar-refractivity contribution in [3.63, 3.8) is 0 Å². The first-order chi connectivity index (χ1) is 9.83. The van der Waals surface area contributed by atoms with Gasteiger partial charge in [0.15, 0.2) is 0 Å². The second-order valence-electron chi connectivity index (χ2n) is 4.70. The maximum Gasteiger partial charge on any atom is 0.330 e. The highest BCUT2D eigenvalue weighted by molar-refractivity contribution is 5.81. The van der Waals surface area contributed by atoms with Crippen LogP contribution < -0.4 is 0 Å². The Morgan fingerprint density at radius 3 is 1.67 bits per heavy atom. The molecule has 0 saturated carbocycles. The second-order valence-corrected chi connectivity index (χ2v) is 4.70. The topological polar surface area (TPSA) is 59.1 Å². The largest absolute Gasteiger partial charge is 0.462 e. The van der Waals surface area contributed by atoms with Gasteiger partial charge in [-0.2, -0.15) is 0 Å². The summed E-state index contributed by atoms with van der Waals surface area (Å²) in [7, 11) is 7.80. The fourth-order valence-electron chi connectivity index (χ4n) is 1.00. The van der Waals surface area contributed by atoms with E-state index in [-0.39, 0.29) is 11.9 Å². The summed E-state index contributed by atoms with van der Waals surface area (Å²) >= 11 is 0. The van der Waals surface area contributed by atoms with Crippen molar-refractivity contribution < 1.29 is 19.1 Å². The zero-order valence-corrected chi connectivity index (χ0v) is 13.6. The summed E-state index contributed by atoms with van der Waals surface area (Å²) in [5.41, 5.74) is 0. The van der Waals surface area contributed by atoms with Crippen LogP contribution in [0.15, 0.2) is 25.3 Å². The molecule has 0 aliphatic heterocycles. The SMILES string of the molecule is C=CC(=O)OCCCN(C)C.C=CC(=O)OCCN(C)C. The monoisotopic (exact) mass is 300 g/mol. The summed E-state index contributed by atoms with van der Waals surface area (Å²) in [6, 6.07) is 0. The molecule has 0 heterocycles. The summed E-state index contributed by atoms with van der Waals surface area (Å²) in [6.07, 6.45) is 3.21. The van der Waals surface area contributed by atoms with Crippen LogP contribution >= 0.6 is 0 Å². The van der Waals surface area contributed by atoms with Gasteiger partial charge in [-0.15, -0.1) is 0 Å². The van der Waals surface area contributed by atoms with Crippen LogP contribution in [0.2, 0.25) is 0 Å². The highest BCUT2D eigenvalue weighted by Crippen LogP contribution is 1.86. The summed E-state index contributed by atoms with van der Waals surface area (Å²) in [4.78, 5) is 24.9. The molecular formula is C15H28N2O4. The Hall–Kier alpha value is -1.66. The third-order valence-corrected chi connectivity index (χ3v) is 2.11. The van der Waals surface area contributed by atoms with Crippen LogP contribution in [-0.4, -0.2) is 76.2 Å². The summed E-state index contributed by atoms with van der Waals surface area (Å²) in [6.45, 7) is 9.15. The quantitative estimate of drug-likeness (QED) is 0.359. The predicted octanol–water partition coefficient (Wildman–Crippen LogP) is 0.945. The first-order valence-electron chi connectivity index (χ1n) is 6.71. The molecule has 0 aromatic carbocycles. The van der Waals surface area contributed by atoms with Crippen LogP contribution in [0.5, 0.6) is 0 Å². The van der Waals surface area contributed by atoms with E-state index < -0.39 is 0 Å². The molecule has 0 spiro atoms. The van der Waals surface area contributed by atoms with E-state index in [1.54, 1.807) is 0 Å². The minimum absolute atomic E-state index is 0.344. The molecule has 0 amide bonds. The van der Waals surface area contributed by atoms with Gasteiger partial charge in [-0.05, 0) is 34.6 Å². The highest BCUT2D eigenvalue weighted by Gasteiger charge is 1.95. The highest BCUT2D eigenvalue weighted by atomic mass is 16.5. The van der Waals surface area contributed by atoms with Gasteiger partial charge in [0.1, 0.15) is 6.61 Å². The molecule has 0 bridgehead atoms. The zero-order chi connectivity index (χ0) is 16.7. The van der Waals surface area contributed by atoms with Crippen molar-refractivity contribution >= 4 is 11.9 Å². The third-order valence-electron chi connectivity index (χ3n) is 2.11. The van der Waals surface area contributed by atoms with Gasteiger partial charge in [0.05, 0.1) is 6.61 Å². The number of esters is 2. The first-order valence-corrected chi connectivity index (χ1v) is 6.71. The van der Waals surface area contributed by atoms with Crippen LogP contribution in [0.3, 0.4) is 0 Å². The summed E-state index contributed by atoms with van der Waals surface area (Å²) in [5, 5.41) is 0. The molecule has 21 heavy (non-hydrogen) atoms. The Labute approximate surface area is 128 Å². The molecule has 0 aromatic rings. The van der Waals surface area contributed by atoms with Gasteiger partial charge in [-0.3, -0.25) is 0 Å². The zero-order valence-electron chi connectivity index (χ0n) is 13.6. The Morgan fingerprint density at radius 2 is 1.29 bits per heavy atom. The van der Waals surface area contributed by atoms with Gasteiger partial charge in [0.2, 0.25) is 0 Å². The van der Waals surface area contributed by atoms with Crippen LogP contribution in [0, 0.1) is 0 Å². The van der Waals surface area contributed by atoms with Crippen molar-refractivity contribution in [1.82, 2.24) is 9.80 Å². The summed E-state index contributed by atoms with van der Waals surface area (Å²) < 4.78 is 9.46. The molecule has 0 unspecified atom stereocenters. The van der Waals surface area contributed by atoms with E-state index in [0.717, 1.165) is 25.6 Å². The van der Waals surface area contributed by atoms with E-state index >= 15 is 0 Å². The minimum atomic E-state index is -0.359. The molecule has 0 radical (unpaired) electrons. The Bertz CT molecular complexity index is 315. The lowest BCUT2D eigenvalue weighted by Gasteiger charge is -2.08. The van der Waals surface area contributed by atoms with Crippen LogP contribution in [0.4, 0.5) is 0 Å². The molecule has 0 atom stereocenters. The van der Waals surface area contributed by atoms with Gasteiger partial charge >= 0.3 is 11.9 Å². The van der Waals surface area contributed by atoms with E-state index in [0.29, 0.717) is 13.2 Å². The van der Waals surface area contributed by atoms with Crippen molar-refractivity contribution in [1.29, 1.82) is 0 Å². The number of likely N-dealkylation sites (N-methyl/N-ethyl adjacent to an activating group) is 1. The van der Waals surface area contributed by atoms with Crippen LogP contribution in [-0.2, 0) is 19.1 Å². The molecular weight excluding hydrogens is 272 g/mol. The maximum atomic E-state index is 10.5. The molecule has 0 N–H and O–H groups in total. The number of hydrogen-bond acceptors (Lipinski definition) is 6. The Morgan fingerprint density at radius 1 is 0.857 bits per heavy atom. The Balaban J connectivity index is 0. The average molecular weight is 300 g/mol. The van der Waals surface area contributed by atoms with Crippen molar-refractivity contribution in [3.8, 4) is 0 Å². The van der Waals surface area contributed by atoms with Gasteiger partial charge in [-0.25, -0.2) is 9.59 Å². The van der Waals surface area contributed by atoms with Crippen LogP contribution in [0.1, 0.15) is 6.42 Å². The Kier molecular flexibility index (Phi) is 15.2.